The Morgan fingerprint density at radius 1 is 1.60 bits per heavy atom. The molecule has 0 fully saturated rings. The van der Waals surface area contributed by atoms with Crippen LogP contribution in [0.25, 0.3) is 0 Å². The molecule has 1 N–H and O–H groups in total. The zero-order valence-corrected chi connectivity index (χ0v) is 7.76. The van der Waals surface area contributed by atoms with Crippen LogP contribution in [0.3, 0.4) is 0 Å². The van der Waals surface area contributed by atoms with Gasteiger partial charge in [0.1, 0.15) is 0 Å². The van der Waals surface area contributed by atoms with Crippen LogP contribution in [0.4, 0.5) is 0 Å². The van der Waals surface area contributed by atoms with Crippen molar-refractivity contribution in [3.8, 4) is 0 Å². The highest BCUT2D eigenvalue weighted by atomic mass is 32.2. The van der Waals surface area contributed by atoms with E-state index in [1.807, 2.05) is 0 Å². The number of nitrogens with one attached hydrogen (secondary N) is 1. The molecular formula is C8H17NS. The molecule has 0 heterocycles. The molecule has 0 aromatic rings. The molecule has 0 unspecified atom stereocenters. The van der Waals surface area contributed by atoms with Crippen molar-refractivity contribution in [3.63, 3.8) is 0 Å². The second-order valence-corrected chi connectivity index (χ2v) is 3.26. The van der Waals surface area contributed by atoms with Crippen molar-refractivity contribution in [2.24, 2.45) is 0 Å². The van der Waals surface area contributed by atoms with Crippen LogP contribution in [0.15, 0.2) is 11.5 Å². The van der Waals surface area contributed by atoms with Crippen LogP contribution in [0, 0.1) is 0 Å². The summed E-state index contributed by atoms with van der Waals surface area (Å²) < 4.78 is 0. The Bertz CT molecular complexity index is 91.3. The second-order valence-electron chi connectivity index (χ2n) is 2.27. The molecule has 0 atom stereocenters. The molecule has 0 radical (unpaired) electrons. The van der Waals surface area contributed by atoms with Gasteiger partial charge in [-0.15, -0.1) is 11.8 Å². The molecule has 0 aromatic carbocycles. The minimum absolute atomic E-state index is 0.959. The molecular weight excluding hydrogens is 142 g/mol. The van der Waals surface area contributed by atoms with Crippen LogP contribution in [-0.4, -0.2) is 19.3 Å². The number of hydrogen-bond acceptors (Lipinski definition) is 2. The Hall–Kier alpha value is 0.0500. The molecule has 10 heavy (non-hydrogen) atoms. The van der Waals surface area contributed by atoms with E-state index in [0.717, 1.165) is 13.1 Å². The molecule has 0 aliphatic rings. The van der Waals surface area contributed by atoms with E-state index in [0.29, 0.717) is 0 Å². The van der Waals surface area contributed by atoms with Gasteiger partial charge >= 0.3 is 0 Å². The first-order chi connectivity index (χ1) is 4.81. The van der Waals surface area contributed by atoms with E-state index in [-0.39, 0.29) is 0 Å². The van der Waals surface area contributed by atoms with Gasteiger partial charge < -0.3 is 5.32 Å². The highest BCUT2D eigenvalue weighted by Gasteiger charge is 1.88. The van der Waals surface area contributed by atoms with Crippen LogP contribution in [0.2, 0.25) is 0 Å². The quantitative estimate of drug-likeness (QED) is 0.597. The van der Waals surface area contributed by atoms with Crippen LogP contribution >= 0.6 is 11.8 Å². The topological polar surface area (TPSA) is 12.0 Å². The predicted octanol–water partition coefficient (Wildman–Crippen LogP) is 2.25. The van der Waals surface area contributed by atoms with Crippen LogP contribution in [0.5, 0.6) is 0 Å². The van der Waals surface area contributed by atoms with Crippen molar-refractivity contribution in [3.05, 3.63) is 11.5 Å². The van der Waals surface area contributed by atoms with E-state index in [4.69, 9.17) is 0 Å². The van der Waals surface area contributed by atoms with Gasteiger partial charge in [-0.3, -0.25) is 0 Å². The van der Waals surface area contributed by atoms with Gasteiger partial charge in [-0.1, -0.05) is 19.9 Å². The van der Waals surface area contributed by atoms with Crippen molar-refractivity contribution in [1.29, 1.82) is 0 Å². The van der Waals surface area contributed by atoms with Crippen molar-refractivity contribution >= 4 is 11.8 Å². The fourth-order valence-electron chi connectivity index (χ4n) is 0.602. The normalized spacial score (nSPS) is 9.80. The molecule has 0 saturated carbocycles. The Balaban J connectivity index is 2.96. The van der Waals surface area contributed by atoms with E-state index in [1.165, 1.54) is 17.7 Å². The van der Waals surface area contributed by atoms with Gasteiger partial charge in [0.05, 0.1) is 0 Å². The molecule has 0 saturated heterocycles. The molecule has 60 valence electrons. The van der Waals surface area contributed by atoms with Gasteiger partial charge in [0.15, 0.2) is 0 Å². The Morgan fingerprint density at radius 2 is 2.30 bits per heavy atom. The fourth-order valence-corrected chi connectivity index (χ4v) is 0.848. The Labute approximate surface area is 68.3 Å². The summed E-state index contributed by atoms with van der Waals surface area (Å²) in [6.07, 6.45) is 4.59. The summed E-state index contributed by atoms with van der Waals surface area (Å²) in [4.78, 5) is 1.22. The maximum atomic E-state index is 3.87. The monoisotopic (exact) mass is 159 g/mol. The van der Waals surface area contributed by atoms with Gasteiger partial charge in [0.2, 0.25) is 0 Å². The molecule has 0 spiro atoms. The maximum Gasteiger partial charge on any atom is 0.0259 e. The first-order valence-electron chi connectivity index (χ1n) is 3.73. The van der Waals surface area contributed by atoms with Crippen molar-refractivity contribution in [2.45, 2.75) is 19.8 Å². The average Bonchev–Trinajstić information content (AvgIpc) is 1.98. The first kappa shape index (κ1) is 10.0. The minimum Gasteiger partial charge on any atom is -0.312 e. The lowest BCUT2D eigenvalue weighted by Gasteiger charge is -2.02. The summed E-state index contributed by atoms with van der Waals surface area (Å²) in [6.45, 7) is 8.15. The van der Waals surface area contributed by atoms with E-state index in [9.17, 15) is 0 Å². The largest absolute Gasteiger partial charge is 0.312 e. The van der Waals surface area contributed by atoms with E-state index < -0.39 is 0 Å². The van der Waals surface area contributed by atoms with Crippen LogP contribution in [-0.2, 0) is 0 Å². The van der Waals surface area contributed by atoms with Gasteiger partial charge in [-0.05, 0) is 24.1 Å². The van der Waals surface area contributed by atoms with Crippen LogP contribution < -0.4 is 5.32 Å². The van der Waals surface area contributed by atoms with Crippen molar-refractivity contribution < 1.29 is 0 Å². The molecule has 1 nitrogen and oxygen atoms in total. The average molecular weight is 159 g/mol. The number of rotatable bonds is 6. The Kier molecular flexibility index (Phi) is 7.20. The highest BCUT2D eigenvalue weighted by Crippen LogP contribution is 2.05. The predicted molar refractivity (Wildman–Crippen MR) is 50.4 cm³/mol. The lowest BCUT2D eigenvalue weighted by atomic mass is 10.3. The van der Waals surface area contributed by atoms with Crippen molar-refractivity contribution in [2.75, 3.05) is 19.3 Å². The third-order valence-corrected chi connectivity index (χ3v) is 2.04. The zero-order valence-electron chi connectivity index (χ0n) is 6.94. The molecule has 0 aromatic heterocycles. The third-order valence-electron chi connectivity index (χ3n) is 1.32. The van der Waals surface area contributed by atoms with E-state index >= 15 is 0 Å². The third kappa shape index (κ3) is 6.17. The fraction of sp³-hybridized carbons (Fsp3) is 0.750. The van der Waals surface area contributed by atoms with Gasteiger partial charge in [0.25, 0.3) is 0 Å². The number of hydrogen-bond donors (Lipinski definition) is 1. The molecule has 2 heteroatoms. The van der Waals surface area contributed by atoms with Crippen LogP contribution in [0.1, 0.15) is 19.8 Å². The van der Waals surface area contributed by atoms with Gasteiger partial charge in [-0.25, -0.2) is 0 Å². The summed E-state index contributed by atoms with van der Waals surface area (Å²) in [5.74, 6) is 0. The summed E-state index contributed by atoms with van der Waals surface area (Å²) in [5, 5.41) is 3.32. The lowest BCUT2D eigenvalue weighted by Crippen LogP contribution is -2.16. The number of thioether (sulfide) groups is 1. The maximum absolute atomic E-state index is 3.87. The first-order valence-corrected chi connectivity index (χ1v) is 4.96. The molecule has 0 aliphatic heterocycles. The standard InChI is InChI=1S/C8H17NS/c1-4-5-6-9-7-8(2)10-3/h9H,2,4-7H2,1,3H3. The summed E-state index contributed by atoms with van der Waals surface area (Å²) in [6, 6.07) is 0. The molecule has 0 aliphatic carbocycles. The molecule has 0 amide bonds. The van der Waals surface area contributed by atoms with E-state index in [1.54, 1.807) is 11.8 Å². The second kappa shape index (κ2) is 7.16. The molecule has 0 rings (SSSR count). The highest BCUT2D eigenvalue weighted by molar-refractivity contribution is 8.02. The lowest BCUT2D eigenvalue weighted by molar-refractivity contribution is 0.679. The zero-order chi connectivity index (χ0) is 7.82. The van der Waals surface area contributed by atoms with Gasteiger partial charge in [0, 0.05) is 6.54 Å². The number of unbranched alkanes of at least 4 members (excludes halogenated alkanes) is 1. The SMILES string of the molecule is C=C(CNCCCC)SC. The van der Waals surface area contributed by atoms with Crippen molar-refractivity contribution in [1.82, 2.24) is 5.32 Å². The van der Waals surface area contributed by atoms with Gasteiger partial charge in [-0.2, -0.15) is 0 Å². The minimum atomic E-state index is 0.959. The summed E-state index contributed by atoms with van der Waals surface area (Å²) in [5.41, 5.74) is 0. The Morgan fingerprint density at radius 3 is 2.80 bits per heavy atom. The summed E-state index contributed by atoms with van der Waals surface area (Å²) in [7, 11) is 0. The smallest absolute Gasteiger partial charge is 0.0259 e. The molecule has 0 bridgehead atoms. The summed E-state index contributed by atoms with van der Waals surface area (Å²) >= 11 is 1.73. The van der Waals surface area contributed by atoms with E-state index in [2.05, 4.69) is 25.1 Å².